The van der Waals surface area contributed by atoms with Crippen molar-refractivity contribution < 1.29 is 19.1 Å². The summed E-state index contributed by atoms with van der Waals surface area (Å²) in [4.78, 5) is 27.2. The van der Waals surface area contributed by atoms with Crippen LogP contribution in [-0.4, -0.2) is 62.8 Å². The molecule has 1 atom stereocenters. The van der Waals surface area contributed by atoms with Gasteiger partial charge in [0.25, 0.3) is 5.91 Å². The molecule has 2 aromatic carbocycles. The molecule has 4 rings (SSSR count). The van der Waals surface area contributed by atoms with Gasteiger partial charge in [-0.15, -0.1) is 0 Å². The quantitative estimate of drug-likeness (QED) is 0.590. The summed E-state index contributed by atoms with van der Waals surface area (Å²) in [5, 5.41) is 8.74. The van der Waals surface area contributed by atoms with Crippen molar-refractivity contribution in [1.29, 1.82) is 0 Å². The van der Waals surface area contributed by atoms with E-state index in [0.29, 0.717) is 31.0 Å². The first-order valence-corrected chi connectivity index (χ1v) is 11.0. The Hall–Kier alpha value is -3.10. The molecule has 0 aromatic heterocycles. The number of hydrogen-bond acceptors (Lipinski definition) is 5. The topological polar surface area (TPSA) is 91.9 Å². The number of ether oxygens (including phenoxy) is 2. The lowest BCUT2D eigenvalue weighted by atomic mass is 10.0. The smallest absolute Gasteiger partial charge is 0.319 e. The van der Waals surface area contributed by atoms with E-state index in [2.05, 4.69) is 20.9 Å². The minimum absolute atomic E-state index is 0.0272. The molecule has 3 N–H and O–H groups in total. The van der Waals surface area contributed by atoms with Crippen molar-refractivity contribution in [3.8, 4) is 5.75 Å². The highest BCUT2D eigenvalue weighted by molar-refractivity contribution is 5.97. The summed E-state index contributed by atoms with van der Waals surface area (Å²) in [7, 11) is 1.65. The first-order chi connectivity index (χ1) is 15.6. The number of carbonyl (C=O) groups excluding carboxylic acids is 2. The van der Waals surface area contributed by atoms with Crippen molar-refractivity contribution in [2.75, 3.05) is 45.3 Å². The molecule has 1 aliphatic carbocycles. The van der Waals surface area contributed by atoms with Gasteiger partial charge in [-0.25, -0.2) is 4.79 Å². The molecular formula is C24H30N4O4. The van der Waals surface area contributed by atoms with E-state index < -0.39 is 0 Å². The van der Waals surface area contributed by atoms with Crippen LogP contribution in [0.15, 0.2) is 48.5 Å². The largest absolute Gasteiger partial charge is 0.497 e. The SMILES string of the molecule is COc1ccc(C(CNC(=O)c2cccc(NC(=O)NC3CC3)c2)N2CCOCC2)cc1. The molecule has 3 amide bonds. The highest BCUT2D eigenvalue weighted by Gasteiger charge is 2.24. The van der Waals surface area contributed by atoms with Crippen LogP contribution in [0.2, 0.25) is 0 Å². The molecule has 2 aliphatic rings. The maximum atomic E-state index is 12.9. The third-order valence-electron chi connectivity index (χ3n) is 5.74. The van der Waals surface area contributed by atoms with E-state index in [1.165, 1.54) is 0 Å². The van der Waals surface area contributed by atoms with Gasteiger partial charge in [-0.1, -0.05) is 18.2 Å². The zero-order valence-electron chi connectivity index (χ0n) is 18.3. The Morgan fingerprint density at radius 1 is 1.12 bits per heavy atom. The van der Waals surface area contributed by atoms with Crippen LogP contribution >= 0.6 is 0 Å². The van der Waals surface area contributed by atoms with Gasteiger partial charge in [0.15, 0.2) is 0 Å². The van der Waals surface area contributed by atoms with Gasteiger partial charge in [0, 0.05) is 36.9 Å². The lowest BCUT2D eigenvalue weighted by Gasteiger charge is -2.35. The molecule has 0 bridgehead atoms. The fraction of sp³-hybridized carbons (Fsp3) is 0.417. The minimum atomic E-state index is -0.239. The van der Waals surface area contributed by atoms with E-state index >= 15 is 0 Å². The number of morpholine rings is 1. The molecule has 1 saturated heterocycles. The van der Waals surface area contributed by atoms with Crippen LogP contribution in [0.25, 0.3) is 0 Å². The first-order valence-electron chi connectivity index (χ1n) is 11.0. The summed E-state index contributed by atoms with van der Waals surface area (Å²) in [5.74, 6) is 0.622. The van der Waals surface area contributed by atoms with E-state index in [1.54, 1.807) is 31.4 Å². The Bertz CT molecular complexity index is 924. The van der Waals surface area contributed by atoms with Gasteiger partial charge >= 0.3 is 6.03 Å². The number of amides is 3. The van der Waals surface area contributed by atoms with Crippen molar-refractivity contribution in [3.63, 3.8) is 0 Å². The van der Waals surface area contributed by atoms with Gasteiger partial charge < -0.3 is 25.4 Å². The van der Waals surface area contributed by atoms with Crippen molar-refractivity contribution in [1.82, 2.24) is 15.5 Å². The number of carbonyl (C=O) groups is 2. The van der Waals surface area contributed by atoms with Gasteiger partial charge in [-0.2, -0.15) is 0 Å². The fourth-order valence-corrected chi connectivity index (χ4v) is 3.78. The number of rotatable bonds is 8. The summed E-state index contributed by atoms with van der Waals surface area (Å²) in [6.07, 6.45) is 2.04. The summed E-state index contributed by atoms with van der Waals surface area (Å²) in [6, 6.07) is 15.0. The second kappa shape index (κ2) is 10.5. The van der Waals surface area contributed by atoms with Crippen LogP contribution in [0.5, 0.6) is 5.75 Å². The second-order valence-corrected chi connectivity index (χ2v) is 8.10. The average Bonchev–Trinajstić information content (AvgIpc) is 3.64. The number of benzene rings is 2. The number of methoxy groups -OCH3 is 1. The second-order valence-electron chi connectivity index (χ2n) is 8.10. The van der Waals surface area contributed by atoms with Gasteiger partial charge in [-0.3, -0.25) is 9.69 Å². The van der Waals surface area contributed by atoms with Gasteiger partial charge in [0.05, 0.1) is 26.4 Å². The fourth-order valence-electron chi connectivity index (χ4n) is 3.78. The summed E-state index contributed by atoms with van der Waals surface area (Å²) >= 11 is 0. The number of hydrogen-bond donors (Lipinski definition) is 3. The molecule has 2 fully saturated rings. The Labute approximate surface area is 188 Å². The highest BCUT2D eigenvalue weighted by atomic mass is 16.5. The summed E-state index contributed by atoms with van der Waals surface area (Å²) in [5.41, 5.74) is 2.21. The molecule has 8 nitrogen and oxygen atoms in total. The molecule has 1 saturated carbocycles. The Kier molecular flexibility index (Phi) is 7.24. The molecule has 0 radical (unpaired) electrons. The van der Waals surface area contributed by atoms with Crippen molar-refractivity contribution in [2.45, 2.75) is 24.9 Å². The molecule has 0 spiro atoms. The van der Waals surface area contributed by atoms with Crippen LogP contribution in [-0.2, 0) is 4.74 Å². The van der Waals surface area contributed by atoms with Crippen LogP contribution in [0.3, 0.4) is 0 Å². The number of urea groups is 1. The molecule has 8 heteroatoms. The highest BCUT2D eigenvalue weighted by Crippen LogP contribution is 2.24. The third kappa shape index (κ3) is 5.99. The summed E-state index contributed by atoms with van der Waals surface area (Å²) in [6.45, 7) is 3.43. The Morgan fingerprint density at radius 3 is 2.56 bits per heavy atom. The van der Waals surface area contributed by atoms with Gasteiger partial charge in [0.2, 0.25) is 0 Å². The first kappa shape index (κ1) is 22.1. The number of anilines is 1. The monoisotopic (exact) mass is 438 g/mol. The molecular weight excluding hydrogens is 408 g/mol. The zero-order valence-corrected chi connectivity index (χ0v) is 18.3. The Morgan fingerprint density at radius 2 is 1.88 bits per heavy atom. The van der Waals surface area contributed by atoms with Crippen LogP contribution < -0.4 is 20.7 Å². The predicted octanol–water partition coefficient (Wildman–Crippen LogP) is 2.78. The molecule has 1 unspecified atom stereocenters. The van der Waals surface area contributed by atoms with Crippen LogP contribution in [0.4, 0.5) is 10.5 Å². The van der Waals surface area contributed by atoms with E-state index in [-0.39, 0.29) is 24.0 Å². The molecule has 170 valence electrons. The third-order valence-corrected chi connectivity index (χ3v) is 5.74. The number of nitrogens with zero attached hydrogens (tertiary/aromatic N) is 1. The maximum absolute atomic E-state index is 12.9. The molecule has 1 aliphatic heterocycles. The van der Waals surface area contributed by atoms with Gasteiger partial charge in [-0.05, 0) is 48.7 Å². The van der Waals surface area contributed by atoms with E-state index in [4.69, 9.17) is 9.47 Å². The maximum Gasteiger partial charge on any atom is 0.319 e. The molecule has 2 aromatic rings. The normalized spacial score (nSPS) is 17.3. The van der Waals surface area contributed by atoms with E-state index in [0.717, 1.165) is 37.2 Å². The lowest BCUT2D eigenvalue weighted by Crippen LogP contribution is -2.43. The van der Waals surface area contributed by atoms with E-state index in [1.807, 2.05) is 24.3 Å². The predicted molar refractivity (Wildman–Crippen MR) is 122 cm³/mol. The molecule has 32 heavy (non-hydrogen) atoms. The standard InChI is InChI=1S/C24H30N4O4/c1-31-21-9-5-17(6-10-21)22(28-11-13-32-14-12-28)16-25-23(29)18-3-2-4-20(15-18)27-24(30)26-19-7-8-19/h2-6,9-10,15,19,22H,7-8,11-14,16H2,1H3,(H,25,29)(H2,26,27,30). The zero-order chi connectivity index (χ0) is 22.3. The lowest BCUT2D eigenvalue weighted by molar-refractivity contribution is 0.0162. The Balaban J connectivity index is 1.40. The van der Waals surface area contributed by atoms with Gasteiger partial charge in [0.1, 0.15) is 5.75 Å². The van der Waals surface area contributed by atoms with Crippen molar-refractivity contribution in [3.05, 3.63) is 59.7 Å². The molecule has 1 heterocycles. The van der Waals surface area contributed by atoms with Crippen LogP contribution in [0.1, 0.15) is 34.8 Å². The average molecular weight is 439 g/mol. The van der Waals surface area contributed by atoms with Crippen LogP contribution in [0, 0.1) is 0 Å². The summed E-state index contributed by atoms with van der Waals surface area (Å²) < 4.78 is 10.8. The van der Waals surface area contributed by atoms with Crippen molar-refractivity contribution in [2.24, 2.45) is 0 Å². The minimum Gasteiger partial charge on any atom is -0.497 e. The van der Waals surface area contributed by atoms with Crippen molar-refractivity contribution >= 4 is 17.6 Å². The van der Waals surface area contributed by atoms with E-state index in [9.17, 15) is 9.59 Å². The number of nitrogens with one attached hydrogen (secondary N) is 3.